The van der Waals surface area contributed by atoms with Crippen LogP contribution in [-0.4, -0.2) is 44.8 Å². The first-order chi connectivity index (χ1) is 12.7. The molecule has 1 aliphatic rings. The molecule has 0 bridgehead atoms. The van der Waals surface area contributed by atoms with Gasteiger partial charge in [-0.2, -0.15) is 5.10 Å². The van der Waals surface area contributed by atoms with Crippen molar-refractivity contribution in [1.29, 1.82) is 0 Å². The Bertz CT molecular complexity index is 870. The summed E-state index contributed by atoms with van der Waals surface area (Å²) in [7, 11) is 0. The van der Waals surface area contributed by atoms with Crippen molar-refractivity contribution < 1.29 is 14.7 Å². The normalized spacial score (nSPS) is 17.8. The van der Waals surface area contributed by atoms with Gasteiger partial charge in [-0.25, -0.2) is 0 Å². The number of carbonyl (C=O) groups is 2. The van der Waals surface area contributed by atoms with Gasteiger partial charge in [0.25, 0.3) is 5.91 Å². The third kappa shape index (κ3) is 4.00. The molecule has 1 atom stereocenters. The Morgan fingerprint density at radius 2 is 1.96 bits per heavy atom. The Labute approximate surface area is 163 Å². The van der Waals surface area contributed by atoms with Crippen molar-refractivity contribution in [3.8, 4) is 11.3 Å². The third-order valence-corrected chi connectivity index (χ3v) is 5.15. The second-order valence-electron chi connectivity index (χ2n) is 7.92. The number of aromatic nitrogens is 2. The van der Waals surface area contributed by atoms with Crippen LogP contribution in [0.2, 0.25) is 5.02 Å². The lowest BCUT2D eigenvalue weighted by atomic mass is 9.97. The number of nitrogens with zero attached hydrogens (tertiary/aromatic N) is 3. The summed E-state index contributed by atoms with van der Waals surface area (Å²) in [6, 6.07) is 7.29. The van der Waals surface area contributed by atoms with Gasteiger partial charge in [-0.3, -0.25) is 14.3 Å². The minimum atomic E-state index is -0.857. The molecule has 1 unspecified atom stereocenters. The fourth-order valence-corrected chi connectivity index (χ4v) is 3.49. The van der Waals surface area contributed by atoms with Gasteiger partial charge in [0.05, 0.1) is 22.0 Å². The molecule has 1 aromatic heterocycles. The average molecular weight is 390 g/mol. The number of aliphatic carboxylic acids is 1. The SMILES string of the molecule is CC(C)(C)n1cc(C(=O)N2CCCC(C(=O)O)C2)c(-c2ccccc2Cl)n1. The van der Waals surface area contributed by atoms with Crippen molar-refractivity contribution in [2.24, 2.45) is 5.92 Å². The number of piperidine rings is 1. The maximum absolute atomic E-state index is 13.3. The molecule has 6 nitrogen and oxygen atoms in total. The highest BCUT2D eigenvalue weighted by atomic mass is 35.5. The highest BCUT2D eigenvalue weighted by Crippen LogP contribution is 2.32. The monoisotopic (exact) mass is 389 g/mol. The Morgan fingerprint density at radius 1 is 1.26 bits per heavy atom. The van der Waals surface area contributed by atoms with Crippen LogP contribution in [0.4, 0.5) is 0 Å². The molecule has 1 aliphatic heterocycles. The Kier molecular flexibility index (Phi) is 5.29. The molecule has 0 aliphatic carbocycles. The van der Waals surface area contributed by atoms with E-state index in [9.17, 15) is 14.7 Å². The molecule has 27 heavy (non-hydrogen) atoms. The van der Waals surface area contributed by atoms with E-state index in [0.29, 0.717) is 41.2 Å². The average Bonchev–Trinajstić information content (AvgIpc) is 3.07. The van der Waals surface area contributed by atoms with Crippen LogP contribution >= 0.6 is 11.6 Å². The number of hydrogen-bond acceptors (Lipinski definition) is 3. The van der Waals surface area contributed by atoms with Gasteiger partial charge in [0.15, 0.2) is 0 Å². The summed E-state index contributed by atoms with van der Waals surface area (Å²) >= 11 is 6.36. The van der Waals surface area contributed by atoms with Crippen molar-refractivity contribution in [3.63, 3.8) is 0 Å². The van der Waals surface area contributed by atoms with Crippen LogP contribution in [0, 0.1) is 5.92 Å². The topological polar surface area (TPSA) is 75.4 Å². The molecule has 144 valence electrons. The summed E-state index contributed by atoms with van der Waals surface area (Å²) in [6.45, 7) is 6.78. The van der Waals surface area contributed by atoms with Crippen LogP contribution in [-0.2, 0) is 10.3 Å². The van der Waals surface area contributed by atoms with Crippen molar-refractivity contribution in [1.82, 2.24) is 14.7 Å². The van der Waals surface area contributed by atoms with E-state index in [1.165, 1.54) is 0 Å². The summed E-state index contributed by atoms with van der Waals surface area (Å²) in [4.78, 5) is 26.2. The van der Waals surface area contributed by atoms with Crippen molar-refractivity contribution in [2.45, 2.75) is 39.2 Å². The van der Waals surface area contributed by atoms with E-state index in [-0.39, 0.29) is 18.0 Å². The highest BCUT2D eigenvalue weighted by Gasteiger charge is 2.32. The van der Waals surface area contributed by atoms with E-state index in [2.05, 4.69) is 5.10 Å². The molecule has 0 spiro atoms. The predicted octanol–water partition coefficient (Wildman–Crippen LogP) is 3.90. The van der Waals surface area contributed by atoms with Gasteiger partial charge in [-0.1, -0.05) is 29.8 Å². The molecule has 1 fully saturated rings. The molecular formula is C20H24ClN3O3. The third-order valence-electron chi connectivity index (χ3n) is 4.82. The van der Waals surface area contributed by atoms with Gasteiger partial charge in [-0.05, 0) is 39.7 Å². The van der Waals surface area contributed by atoms with Gasteiger partial charge in [0, 0.05) is 24.8 Å². The van der Waals surface area contributed by atoms with Gasteiger partial charge >= 0.3 is 5.97 Å². The number of likely N-dealkylation sites (tertiary alicyclic amines) is 1. The molecule has 7 heteroatoms. The van der Waals surface area contributed by atoms with E-state index >= 15 is 0 Å². The minimum absolute atomic E-state index is 0.202. The van der Waals surface area contributed by atoms with E-state index < -0.39 is 11.9 Å². The second kappa shape index (κ2) is 7.35. The summed E-state index contributed by atoms with van der Waals surface area (Å²) in [6.07, 6.45) is 3.01. The van der Waals surface area contributed by atoms with Crippen LogP contribution in [0.5, 0.6) is 0 Å². The van der Waals surface area contributed by atoms with Crippen molar-refractivity contribution in [3.05, 3.63) is 41.0 Å². The van der Waals surface area contributed by atoms with Gasteiger partial charge < -0.3 is 10.0 Å². The number of rotatable bonds is 3. The summed E-state index contributed by atoms with van der Waals surface area (Å²) < 4.78 is 1.76. The number of halogens is 1. The Morgan fingerprint density at radius 3 is 2.59 bits per heavy atom. The molecule has 2 aromatic rings. The number of carboxylic acid groups (broad SMARTS) is 1. The predicted molar refractivity (Wildman–Crippen MR) is 104 cm³/mol. The molecule has 1 saturated heterocycles. The molecular weight excluding hydrogens is 366 g/mol. The summed E-state index contributed by atoms with van der Waals surface area (Å²) in [5, 5.41) is 14.5. The fraction of sp³-hybridized carbons (Fsp3) is 0.450. The van der Waals surface area contributed by atoms with Crippen LogP contribution in [0.1, 0.15) is 44.0 Å². The number of amides is 1. The molecule has 1 N–H and O–H groups in total. The zero-order chi connectivity index (χ0) is 19.8. The first-order valence-corrected chi connectivity index (χ1v) is 9.43. The maximum Gasteiger partial charge on any atom is 0.308 e. The molecule has 3 rings (SSSR count). The molecule has 0 saturated carbocycles. The second-order valence-corrected chi connectivity index (χ2v) is 8.32. The largest absolute Gasteiger partial charge is 0.481 e. The first-order valence-electron chi connectivity index (χ1n) is 9.05. The van der Waals surface area contributed by atoms with Crippen molar-refractivity contribution >= 4 is 23.5 Å². The van der Waals surface area contributed by atoms with E-state index in [1.807, 2.05) is 39.0 Å². The molecule has 2 heterocycles. The molecule has 0 radical (unpaired) electrons. The zero-order valence-electron chi connectivity index (χ0n) is 15.8. The van der Waals surface area contributed by atoms with Gasteiger partial charge in [-0.15, -0.1) is 0 Å². The van der Waals surface area contributed by atoms with Gasteiger partial charge in [0.2, 0.25) is 0 Å². The Balaban J connectivity index is 2.03. The lowest BCUT2D eigenvalue weighted by molar-refractivity contribution is -0.143. The van der Waals surface area contributed by atoms with E-state index in [4.69, 9.17) is 11.6 Å². The number of carboxylic acids is 1. The lowest BCUT2D eigenvalue weighted by Gasteiger charge is -2.30. The van der Waals surface area contributed by atoms with E-state index in [0.717, 1.165) is 0 Å². The van der Waals surface area contributed by atoms with Crippen LogP contribution < -0.4 is 0 Å². The smallest absolute Gasteiger partial charge is 0.308 e. The zero-order valence-corrected chi connectivity index (χ0v) is 16.5. The number of carbonyl (C=O) groups excluding carboxylic acids is 1. The summed E-state index contributed by atoms with van der Waals surface area (Å²) in [5.74, 6) is -1.58. The van der Waals surface area contributed by atoms with Crippen LogP contribution in [0.15, 0.2) is 30.5 Å². The highest BCUT2D eigenvalue weighted by molar-refractivity contribution is 6.33. The first kappa shape index (κ1) is 19.4. The minimum Gasteiger partial charge on any atom is -0.481 e. The van der Waals surface area contributed by atoms with Crippen molar-refractivity contribution in [2.75, 3.05) is 13.1 Å². The van der Waals surface area contributed by atoms with E-state index in [1.54, 1.807) is 21.8 Å². The number of benzene rings is 1. The summed E-state index contributed by atoms with van der Waals surface area (Å²) in [5.41, 5.74) is 1.36. The standard InChI is InChI=1S/C20H24ClN3O3/c1-20(2,3)24-12-15(17(22-24)14-8-4-5-9-16(14)21)18(25)23-10-6-7-13(11-23)19(26)27/h4-5,8-9,12-13H,6-7,10-11H2,1-3H3,(H,26,27). The maximum atomic E-state index is 13.3. The van der Waals surface area contributed by atoms with Crippen LogP contribution in [0.25, 0.3) is 11.3 Å². The fourth-order valence-electron chi connectivity index (χ4n) is 3.26. The number of hydrogen-bond donors (Lipinski definition) is 1. The quantitative estimate of drug-likeness (QED) is 0.863. The van der Waals surface area contributed by atoms with Crippen LogP contribution in [0.3, 0.4) is 0 Å². The Hall–Kier alpha value is -2.34. The molecule has 1 aromatic carbocycles. The molecule has 1 amide bonds. The van der Waals surface area contributed by atoms with Gasteiger partial charge in [0.1, 0.15) is 5.69 Å². The lowest BCUT2D eigenvalue weighted by Crippen LogP contribution is -2.42.